The summed E-state index contributed by atoms with van der Waals surface area (Å²) in [4.78, 5) is 12.4. The van der Waals surface area contributed by atoms with Crippen molar-refractivity contribution in [2.24, 2.45) is 11.0 Å². The predicted octanol–water partition coefficient (Wildman–Crippen LogP) is 4.48. The first-order chi connectivity index (χ1) is 12.5. The summed E-state index contributed by atoms with van der Waals surface area (Å²) >= 11 is 2.28. The highest BCUT2D eigenvalue weighted by Gasteiger charge is 2.43. The van der Waals surface area contributed by atoms with Crippen molar-refractivity contribution in [1.82, 2.24) is 5.01 Å². The second-order valence-electron chi connectivity index (χ2n) is 6.99. The molecule has 1 aliphatic heterocycles. The molecule has 1 aliphatic carbocycles. The zero-order valence-electron chi connectivity index (χ0n) is 15.1. The number of hydrogen-bond donors (Lipinski definition) is 0. The van der Waals surface area contributed by atoms with Crippen molar-refractivity contribution >= 4 is 34.2 Å². The number of rotatable bonds is 2. The Morgan fingerprint density at radius 1 is 1.27 bits per heavy atom. The number of hydrazone groups is 1. The van der Waals surface area contributed by atoms with Crippen molar-refractivity contribution < 1.29 is 9.53 Å². The molecule has 1 amide bonds. The van der Waals surface area contributed by atoms with E-state index in [1.165, 1.54) is 16.7 Å². The van der Waals surface area contributed by atoms with Crippen LogP contribution in [0.3, 0.4) is 0 Å². The minimum atomic E-state index is -0.0458. The Morgan fingerprint density at radius 3 is 2.77 bits per heavy atom. The number of aryl methyl sites for hydroxylation is 2. The largest absolute Gasteiger partial charge is 0.496 e. The van der Waals surface area contributed by atoms with E-state index in [1.54, 1.807) is 19.0 Å². The monoisotopic (exact) mass is 456 g/mol. The SMILES string of the molecule is COc1ccc([C@@H]2[C@@H]3CCc4ccc(C)cc4C3=NN2C(C)=O)cc1[123I]. The van der Waals surface area contributed by atoms with Crippen LogP contribution in [-0.2, 0) is 11.2 Å². The topological polar surface area (TPSA) is 41.9 Å². The molecule has 0 saturated heterocycles. The van der Waals surface area contributed by atoms with E-state index in [1.807, 2.05) is 6.07 Å². The third kappa shape index (κ3) is 2.82. The van der Waals surface area contributed by atoms with Gasteiger partial charge in [-0.3, -0.25) is 4.79 Å². The van der Waals surface area contributed by atoms with Crippen LogP contribution in [0, 0.1) is 16.4 Å². The fourth-order valence-electron chi connectivity index (χ4n) is 4.08. The number of ether oxygens (including phenoxy) is 1. The summed E-state index contributed by atoms with van der Waals surface area (Å²) in [5.41, 5.74) is 5.94. The second kappa shape index (κ2) is 6.68. The molecule has 1 heterocycles. The van der Waals surface area contributed by atoms with Crippen LogP contribution in [0.15, 0.2) is 41.5 Å². The minimum absolute atomic E-state index is 0.0167. The van der Waals surface area contributed by atoms with Gasteiger partial charge in [0.25, 0.3) is 0 Å². The number of halogens is 1. The number of carbonyl (C=O) groups is 1. The molecular formula is C21H21IN2O2. The van der Waals surface area contributed by atoms with Gasteiger partial charge in [-0.15, -0.1) is 0 Å². The molecule has 0 bridgehead atoms. The van der Waals surface area contributed by atoms with Gasteiger partial charge in [0, 0.05) is 18.4 Å². The Balaban J connectivity index is 1.80. The van der Waals surface area contributed by atoms with E-state index in [-0.39, 0.29) is 17.9 Å². The average molecular weight is 456 g/mol. The van der Waals surface area contributed by atoms with Crippen LogP contribution < -0.4 is 4.74 Å². The molecule has 0 saturated carbocycles. The van der Waals surface area contributed by atoms with Crippen LogP contribution in [0.1, 0.15) is 41.6 Å². The van der Waals surface area contributed by atoms with E-state index in [0.717, 1.165) is 33.4 Å². The molecule has 0 unspecified atom stereocenters. The first-order valence-corrected chi connectivity index (χ1v) is 9.89. The van der Waals surface area contributed by atoms with Gasteiger partial charge in [-0.2, -0.15) is 5.10 Å². The fraction of sp³-hybridized carbons (Fsp3) is 0.333. The molecular weight excluding hydrogens is 435 g/mol. The quantitative estimate of drug-likeness (QED) is 0.626. The van der Waals surface area contributed by atoms with Gasteiger partial charge in [0.15, 0.2) is 0 Å². The van der Waals surface area contributed by atoms with Gasteiger partial charge in [-0.05, 0) is 71.7 Å². The van der Waals surface area contributed by atoms with E-state index in [0.29, 0.717) is 0 Å². The maximum atomic E-state index is 12.4. The molecule has 134 valence electrons. The summed E-state index contributed by atoms with van der Waals surface area (Å²) in [6.07, 6.45) is 2.03. The first kappa shape index (κ1) is 17.5. The lowest BCUT2D eigenvalue weighted by Gasteiger charge is -2.29. The molecule has 0 fully saturated rings. The molecule has 5 heteroatoms. The number of fused-ring (bicyclic) bond motifs is 3. The van der Waals surface area contributed by atoms with Crippen LogP contribution in [0.25, 0.3) is 0 Å². The highest BCUT2D eigenvalue weighted by molar-refractivity contribution is 14.1. The standard InChI is InChI=1S/C21H21IN2O2/c1-12-4-5-14-6-8-16-20(17(14)10-12)23-24(13(2)25)21(16)15-7-9-19(26-3)18(22)11-15/h4-5,7,9-11,16,21H,6,8H2,1-3H3/t16-,21-/m1/s1/i22-4. The number of carbonyl (C=O) groups excluding carboxylic acids is 1. The molecule has 2 aromatic carbocycles. The van der Waals surface area contributed by atoms with Crippen molar-refractivity contribution in [2.45, 2.75) is 32.7 Å². The highest BCUT2D eigenvalue weighted by Crippen LogP contribution is 2.44. The third-order valence-electron chi connectivity index (χ3n) is 5.32. The highest BCUT2D eigenvalue weighted by atomic mass is 123. The summed E-state index contributed by atoms with van der Waals surface area (Å²) in [6, 6.07) is 12.7. The number of nitrogens with zero attached hydrogens (tertiary/aromatic N) is 2. The summed E-state index contributed by atoms with van der Waals surface area (Å²) in [5.74, 6) is 1.07. The summed E-state index contributed by atoms with van der Waals surface area (Å²) in [6.45, 7) is 3.70. The summed E-state index contributed by atoms with van der Waals surface area (Å²) in [5, 5.41) is 6.46. The molecule has 26 heavy (non-hydrogen) atoms. The molecule has 0 radical (unpaired) electrons. The molecule has 0 spiro atoms. The number of benzene rings is 2. The van der Waals surface area contributed by atoms with E-state index >= 15 is 0 Å². The van der Waals surface area contributed by atoms with E-state index < -0.39 is 0 Å². The molecule has 0 aromatic heterocycles. The summed E-state index contributed by atoms with van der Waals surface area (Å²) in [7, 11) is 1.68. The van der Waals surface area contributed by atoms with Crippen LogP contribution in [0.5, 0.6) is 5.75 Å². The van der Waals surface area contributed by atoms with Crippen LogP contribution in [-0.4, -0.2) is 23.7 Å². The van der Waals surface area contributed by atoms with Crippen molar-refractivity contribution in [1.29, 1.82) is 0 Å². The van der Waals surface area contributed by atoms with Gasteiger partial charge in [-0.1, -0.05) is 23.8 Å². The Kier molecular flexibility index (Phi) is 4.50. The molecule has 4 nitrogen and oxygen atoms in total. The zero-order chi connectivity index (χ0) is 18.4. The van der Waals surface area contributed by atoms with Crippen LogP contribution in [0.4, 0.5) is 0 Å². The van der Waals surface area contributed by atoms with Gasteiger partial charge < -0.3 is 4.74 Å². The Labute approximate surface area is 167 Å². The zero-order valence-corrected chi connectivity index (χ0v) is 17.3. The van der Waals surface area contributed by atoms with Crippen LogP contribution in [0.2, 0.25) is 0 Å². The Bertz CT molecular complexity index is 922. The van der Waals surface area contributed by atoms with Gasteiger partial charge in [0.1, 0.15) is 5.75 Å². The minimum Gasteiger partial charge on any atom is -0.496 e. The van der Waals surface area contributed by atoms with Crippen molar-refractivity contribution in [3.05, 3.63) is 62.2 Å². The van der Waals surface area contributed by atoms with E-state index in [4.69, 9.17) is 9.84 Å². The molecule has 2 aliphatic rings. The number of amides is 1. The maximum Gasteiger partial charge on any atom is 0.240 e. The first-order valence-electron chi connectivity index (χ1n) is 8.81. The number of hydrogen-bond acceptors (Lipinski definition) is 3. The lowest BCUT2D eigenvalue weighted by Crippen LogP contribution is -2.31. The lowest BCUT2D eigenvalue weighted by molar-refractivity contribution is -0.131. The van der Waals surface area contributed by atoms with Crippen molar-refractivity contribution in [3.63, 3.8) is 0 Å². The summed E-state index contributed by atoms with van der Waals surface area (Å²) < 4.78 is 6.43. The van der Waals surface area contributed by atoms with Gasteiger partial charge in [-0.25, -0.2) is 5.01 Å². The van der Waals surface area contributed by atoms with Crippen molar-refractivity contribution in [2.75, 3.05) is 7.11 Å². The molecule has 2 aromatic rings. The maximum absolute atomic E-state index is 12.4. The lowest BCUT2D eigenvalue weighted by atomic mass is 9.77. The molecule has 4 rings (SSSR count). The Morgan fingerprint density at radius 2 is 2.08 bits per heavy atom. The molecule has 2 atom stereocenters. The van der Waals surface area contributed by atoms with E-state index in [9.17, 15) is 4.79 Å². The average Bonchev–Trinajstić information content (AvgIpc) is 3.02. The fourth-order valence-corrected chi connectivity index (χ4v) is 4.84. The van der Waals surface area contributed by atoms with E-state index in [2.05, 4.69) is 59.8 Å². The van der Waals surface area contributed by atoms with Gasteiger partial charge >= 0.3 is 0 Å². The van der Waals surface area contributed by atoms with Crippen LogP contribution >= 0.6 is 22.6 Å². The Hall–Kier alpha value is -1.89. The number of methoxy groups -OCH3 is 1. The second-order valence-corrected chi connectivity index (χ2v) is 8.16. The smallest absolute Gasteiger partial charge is 0.240 e. The van der Waals surface area contributed by atoms with Gasteiger partial charge in [0.05, 0.1) is 22.4 Å². The normalized spacial score (nSPS) is 21.1. The van der Waals surface area contributed by atoms with Gasteiger partial charge in [0.2, 0.25) is 5.91 Å². The third-order valence-corrected chi connectivity index (χ3v) is 6.16. The van der Waals surface area contributed by atoms with Crippen molar-refractivity contribution in [3.8, 4) is 5.75 Å². The predicted molar refractivity (Wildman–Crippen MR) is 110 cm³/mol. The molecule has 0 N–H and O–H groups in total.